The van der Waals surface area contributed by atoms with E-state index in [9.17, 15) is 0 Å². The molecule has 2 aromatic rings. The maximum absolute atomic E-state index is 3.84. The van der Waals surface area contributed by atoms with E-state index in [-0.39, 0.29) is 0 Å². The van der Waals surface area contributed by atoms with E-state index < -0.39 is 0 Å². The predicted molar refractivity (Wildman–Crippen MR) is 83.6 cm³/mol. The van der Waals surface area contributed by atoms with E-state index in [0.29, 0.717) is 6.04 Å². The lowest BCUT2D eigenvalue weighted by molar-refractivity contribution is 0.571. The molecule has 0 saturated heterocycles. The van der Waals surface area contributed by atoms with Gasteiger partial charge in [0.2, 0.25) is 0 Å². The molecule has 0 saturated carbocycles. The Labute approximate surface area is 116 Å². The molecule has 0 bridgehead atoms. The Morgan fingerprint density at radius 1 is 1.32 bits per heavy atom. The van der Waals surface area contributed by atoms with Crippen molar-refractivity contribution in [1.82, 2.24) is 9.88 Å². The Bertz CT molecular complexity index is 537. The molecule has 0 spiro atoms. The molecular weight excluding hydrogens is 232 g/mol. The van der Waals surface area contributed by atoms with Gasteiger partial charge in [0.25, 0.3) is 0 Å². The molecule has 0 radical (unpaired) electrons. The van der Waals surface area contributed by atoms with Gasteiger partial charge in [-0.05, 0) is 31.0 Å². The van der Waals surface area contributed by atoms with Crippen molar-refractivity contribution >= 4 is 10.9 Å². The Hall–Kier alpha value is -1.54. The van der Waals surface area contributed by atoms with Crippen molar-refractivity contribution in [2.45, 2.75) is 39.3 Å². The highest BCUT2D eigenvalue weighted by molar-refractivity contribution is 5.84. The van der Waals surface area contributed by atoms with Crippen molar-refractivity contribution in [1.29, 1.82) is 0 Å². The average Bonchev–Trinajstić information content (AvgIpc) is 2.74. The fraction of sp³-hybridized carbons (Fsp3) is 0.412. The molecule has 1 aromatic carbocycles. The molecule has 1 heterocycles. The number of aromatic nitrogens is 1. The smallest absolute Gasteiger partial charge is 0.0486 e. The summed E-state index contributed by atoms with van der Waals surface area (Å²) < 4.78 is 2.29. The molecule has 1 aromatic heterocycles. The number of nitrogens with one attached hydrogen (secondary N) is 1. The standard InChI is InChI=1S/C17H24N2/c1-4-12-19-13-15(8-7-11-18-14(2)3)16-9-5-6-10-17(16)19/h4-6,9-10,13-14,18H,1,7-8,11-12H2,2-3H3. The maximum atomic E-state index is 3.84. The number of fused-ring (bicyclic) bond motifs is 1. The minimum absolute atomic E-state index is 0.571. The second-order valence-electron chi connectivity index (χ2n) is 5.32. The molecular formula is C17H24N2. The molecule has 0 amide bonds. The molecule has 0 atom stereocenters. The second kappa shape index (κ2) is 6.58. The SMILES string of the molecule is C=CCn1cc(CCCNC(C)C)c2ccccc21. The van der Waals surface area contributed by atoms with Crippen molar-refractivity contribution in [3.8, 4) is 0 Å². The van der Waals surface area contributed by atoms with Crippen molar-refractivity contribution in [2.24, 2.45) is 0 Å². The van der Waals surface area contributed by atoms with Crippen LogP contribution in [-0.2, 0) is 13.0 Å². The number of para-hydroxylation sites is 1. The molecule has 0 aliphatic rings. The topological polar surface area (TPSA) is 17.0 Å². The molecule has 0 aliphatic carbocycles. The van der Waals surface area contributed by atoms with Crippen LogP contribution in [-0.4, -0.2) is 17.2 Å². The third-order valence-corrected chi connectivity index (χ3v) is 3.37. The van der Waals surface area contributed by atoms with Gasteiger partial charge in [-0.3, -0.25) is 0 Å². The average molecular weight is 256 g/mol. The van der Waals surface area contributed by atoms with Gasteiger partial charge in [0.1, 0.15) is 0 Å². The van der Waals surface area contributed by atoms with Crippen LogP contribution in [0.15, 0.2) is 43.1 Å². The van der Waals surface area contributed by atoms with Gasteiger partial charge >= 0.3 is 0 Å². The zero-order valence-electron chi connectivity index (χ0n) is 12.0. The lowest BCUT2D eigenvalue weighted by Gasteiger charge is -2.06. The predicted octanol–water partition coefficient (Wildman–Crippen LogP) is 3.76. The number of nitrogens with zero attached hydrogens (tertiary/aromatic N) is 1. The van der Waals surface area contributed by atoms with E-state index in [0.717, 1.165) is 19.5 Å². The molecule has 19 heavy (non-hydrogen) atoms. The quantitative estimate of drug-likeness (QED) is 0.589. The van der Waals surface area contributed by atoms with Crippen LogP contribution in [0.25, 0.3) is 10.9 Å². The molecule has 2 rings (SSSR count). The van der Waals surface area contributed by atoms with Gasteiger partial charge in [-0.1, -0.05) is 38.1 Å². The summed E-state index contributed by atoms with van der Waals surface area (Å²) in [5, 5.41) is 4.86. The number of hydrogen-bond acceptors (Lipinski definition) is 1. The first-order chi connectivity index (χ1) is 9.22. The first kappa shape index (κ1) is 13.9. The third kappa shape index (κ3) is 3.48. The van der Waals surface area contributed by atoms with Crippen LogP contribution in [0.4, 0.5) is 0 Å². The highest BCUT2D eigenvalue weighted by Crippen LogP contribution is 2.22. The Morgan fingerprint density at radius 2 is 2.11 bits per heavy atom. The molecule has 2 heteroatoms. The first-order valence-corrected chi connectivity index (χ1v) is 7.13. The number of benzene rings is 1. The summed E-state index contributed by atoms with van der Waals surface area (Å²) in [4.78, 5) is 0. The van der Waals surface area contributed by atoms with Gasteiger partial charge in [0, 0.05) is 29.7 Å². The highest BCUT2D eigenvalue weighted by atomic mass is 14.9. The largest absolute Gasteiger partial charge is 0.343 e. The second-order valence-corrected chi connectivity index (χ2v) is 5.32. The lowest BCUT2D eigenvalue weighted by atomic mass is 10.1. The zero-order valence-corrected chi connectivity index (χ0v) is 12.0. The molecule has 0 unspecified atom stereocenters. The van der Waals surface area contributed by atoms with E-state index in [2.05, 4.69) is 60.8 Å². The van der Waals surface area contributed by atoms with Gasteiger partial charge in [-0.2, -0.15) is 0 Å². The van der Waals surface area contributed by atoms with Crippen LogP contribution in [0, 0.1) is 0 Å². The van der Waals surface area contributed by atoms with Crippen molar-refractivity contribution < 1.29 is 0 Å². The lowest BCUT2D eigenvalue weighted by Crippen LogP contribution is -2.23. The number of rotatable bonds is 7. The van der Waals surface area contributed by atoms with Gasteiger partial charge in [0.15, 0.2) is 0 Å². The summed E-state index contributed by atoms with van der Waals surface area (Å²) in [6.45, 7) is 10.2. The Morgan fingerprint density at radius 3 is 2.84 bits per heavy atom. The van der Waals surface area contributed by atoms with Crippen LogP contribution in [0.2, 0.25) is 0 Å². The Kier molecular flexibility index (Phi) is 4.80. The van der Waals surface area contributed by atoms with Gasteiger partial charge in [0.05, 0.1) is 0 Å². The summed E-state index contributed by atoms with van der Waals surface area (Å²) in [6.07, 6.45) is 6.54. The van der Waals surface area contributed by atoms with Crippen molar-refractivity contribution in [3.63, 3.8) is 0 Å². The fourth-order valence-corrected chi connectivity index (χ4v) is 2.48. The molecule has 0 aliphatic heterocycles. The normalized spacial score (nSPS) is 11.3. The molecule has 2 nitrogen and oxygen atoms in total. The summed E-state index contributed by atoms with van der Waals surface area (Å²) in [5.41, 5.74) is 2.76. The van der Waals surface area contributed by atoms with Gasteiger partial charge in [-0.15, -0.1) is 6.58 Å². The molecule has 102 valence electrons. The molecule has 1 N–H and O–H groups in total. The third-order valence-electron chi connectivity index (χ3n) is 3.37. The number of aryl methyl sites for hydroxylation is 1. The van der Waals surface area contributed by atoms with E-state index in [1.807, 2.05) is 6.08 Å². The van der Waals surface area contributed by atoms with Crippen LogP contribution >= 0.6 is 0 Å². The summed E-state index contributed by atoms with van der Waals surface area (Å²) >= 11 is 0. The van der Waals surface area contributed by atoms with Crippen molar-refractivity contribution in [3.05, 3.63) is 48.7 Å². The van der Waals surface area contributed by atoms with Gasteiger partial charge < -0.3 is 9.88 Å². The summed E-state index contributed by atoms with van der Waals surface area (Å²) in [7, 11) is 0. The van der Waals surface area contributed by atoms with E-state index in [1.165, 1.54) is 22.9 Å². The van der Waals surface area contributed by atoms with Crippen LogP contribution < -0.4 is 5.32 Å². The van der Waals surface area contributed by atoms with E-state index in [1.54, 1.807) is 0 Å². The van der Waals surface area contributed by atoms with Crippen LogP contribution in [0.5, 0.6) is 0 Å². The minimum atomic E-state index is 0.571. The summed E-state index contributed by atoms with van der Waals surface area (Å²) in [5.74, 6) is 0. The molecule has 0 fully saturated rings. The van der Waals surface area contributed by atoms with E-state index >= 15 is 0 Å². The van der Waals surface area contributed by atoms with Crippen molar-refractivity contribution in [2.75, 3.05) is 6.54 Å². The highest BCUT2D eigenvalue weighted by Gasteiger charge is 2.06. The van der Waals surface area contributed by atoms with Gasteiger partial charge in [-0.25, -0.2) is 0 Å². The van der Waals surface area contributed by atoms with Crippen LogP contribution in [0.3, 0.4) is 0 Å². The minimum Gasteiger partial charge on any atom is -0.343 e. The number of allylic oxidation sites excluding steroid dienone is 1. The number of hydrogen-bond donors (Lipinski definition) is 1. The Balaban J connectivity index is 2.11. The van der Waals surface area contributed by atoms with Crippen LogP contribution in [0.1, 0.15) is 25.8 Å². The maximum Gasteiger partial charge on any atom is 0.0486 e. The van der Waals surface area contributed by atoms with E-state index in [4.69, 9.17) is 0 Å². The monoisotopic (exact) mass is 256 g/mol. The summed E-state index contributed by atoms with van der Waals surface area (Å²) in [6, 6.07) is 9.21. The first-order valence-electron chi connectivity index (χ1n) is 7.13. The zero-order chi connectivity index (χ0) is 13.7. The fourth-order valence-electron chi connectivity index (χ4n) is 2.48.